The van der Waals surface area contributed by atoms with Crippen LogP contribution in [-0.4, -0.2) is 19.6 Å². The Labute approximate surface area is 80.6 Å². The summed E-state index contributed by atoms with van der Waals surface area (Å²) in [6.45, 7) is 3.97. The zero-order chi connectivity index (χ0) is 9.42. The Bertz CT molecular complexity index is 449. The van der Waals surface area contributed by atoms with E-state index in [1.54, 1.807) is 4.52 Å². The van der Waals surface area contributed by atoms with E-state index >= 15 is 0 Å². The molecule has 0 atom stereocenters. The Hall–Kier alpha value is -1.16. The van der Waals surface area contributed by atoms with Crippen molar-refractivity contribution in [3.8, 4) is 0 Å². The van der Waals surface area contributed by atoms with Crippen LogP contribution in [-0.2, 0) is 6.42 Å². The van der Waals surface area contributed by atoms with Crippen molar-refractivity contribution in [1.29, 1.82) is 0 Å². The standard InChI is InChI=1S/C8H9ClN4/c1-3-6-5(2)12-8-10-4-11-13(8)7(6)9/h4H,3H2,1-2H3. The summed E-state index contributed by atoms with van der Waals surface area (Å²) in [4.78, 5) is 8.24. The van der Waals surface area contributed by atoms with E-state index < -0.39 is 0 Å². The lowest BCUT2D eigenvalue weighted by molar-refractivity contribution is 0.894. The lowest BCUT2D eigenvalue weighted by Crippen LogP contribution is -2.01. The third-order valence-corrected chi connectivity index (χ3v) is 2.41. The van der Waals surface area contributed by atoms with Gasteiger partial charge in [0, 0.05) is 11.3 Å². The van der Waals surface area contributed by atoms with Crippen LogP contribution in [0.4, 0.5) is 0 Å². The highest BCUT2D eigenvalue weighted by Gasteiger charge is 2.09. The molecule has 0 unspecified atom stereocenters. The van der Waals surface area contributed by atoms with Gasteiger partial charge in [-0.15, -0.1) is 0 Å². The fraction of sp³-hybridized carbons (Fsp3) is 0.375. The van der Waals surface area contributed by atoms with E-state index in [9.17, 15) is 0 Å². The van der Waals surface area contributed by atoms with Crippen LogP contribution >= 0.6 is 11.6 Å². The van der Waals surface area contributed by atoms with E-state index in [0.717, 1.165) is 17.7 Å². The average Bonchev–Trinajstić information content (AvgIpc) is 2.53. The number of hydrogen-bond donors (Lipinski definition) is 0. The SMILES string of the molecule is CCc1c(C)nc2ncnn2c1Cl. The molecule has 0 aliphatic carbocycles. The maximum absolute atomic E-state index is 6.11. The van der Waals surface area contributed by atoms with E-state index in [2.05, 4.69) is 15.1 Å². The third-order valence-electron chi connectivity index (χ3n) is 2.02. The number of nitrogens with zero attached hydrogens (tertiary/aromatic N) is 4. The number of fused-ring (bicyclic) bond motifs is 1. The minimum atomic E-state index is 0.555. The minimum absolute atomic E-state index is 0.555. The molecule has 0 N–H and O–H groups in total. The van der Waals surface area contributed by atoms with Gasteiger partial charge in [0.25, 0.3) is 5.78 Å². The van der Waals surface area contributed by atoms with Gasteiger partial charge in [-0.3, -0.25) is 0 Å². The summed E-state index contributed by atoms with van der Waals surface area (Å²) in [5.74, 6) is 0.555. The van der Waals surface area contributed by atoms with Crippen molar-refractivity contribution in [3.05, 3.63) is 22.7 Å². The van der Waals surface area contributed by atoms with Crippen molar-refractivity contribution >= 4 is 17.4 Å². The van der Waals surface area contributed by atoms with Gasteiger partial charge in [-0.05, 0) is 13.3 Å². The summed E-state index contributed by atoms with van der Waals surface area (Å²) in [5, 5.41) is 4.59. The van der Waals surface area contributed by atoms with Gasteiger partial charge in [-0.25, -0.2) is 4.98 Å². The Morgan fingerprint density at radius 1 is 1.54 bits per heavy atom. The Morgan fingerprint density at radius 3 is 3.00 bits per heavy atom. The van der Waals surface area contributed by atoms with Crippen LogP contribution in [0.5, 0.6) is 0 Å². The molecule has 0 aromatic carbocycles. The van der Waals surface area contributed by atoms with Crippen LogP contribution in [0.25, 0.3) is 5.78 Å². The first-order valence-electron chi connectivity index (χ1n) is 4.08. The number of aryl methyl sites for hydroxylation is 1. The molecular weight excluding hydrogens is 188 g/mol. The predicted molar refractivity (Wildman–Crippen MR) is 49.9 cm³/mol. The first-order chi connectivity index (χ1) is 6.24. The molecule has 5 heteroatoms. The molecule has 0 spiro atoms. The largest absolute Gasteiger partial charge is 0.253 e. The fourth-order valence-corrected chi connectivity index (χ4v) is 1.74. The van der Waals surface area contributed by atoms with Gasteiger partial charge < -0.3 is 0 Å². The molecule has 13 heavy (non-hydrogen) atoms. The highest BCUT2D eigenvalue weighted by Crippen LogP contribution is 2.18. The van der Waals surface area contributed by atoms with Crippen molar-refractivity contribution in [2.24, 2.45) is 0 Å². The molecule has 0 bridgehead atoms. The molecule has 0 radical (unpaired) electrons. The Kier molecular flexibility index (Phi) is 1.92. The zero-order valence-corrected chi connectivity index (χ0v) is 8.21. The van der Waals surface area contributed by atoms with Crippen LogP contribution in [0, 0.1) is 6.92 Å². The molecule has 2 rings (SSSR count). The zero-order valence-electron chi connectivity index (χ0n) is 7.45. The fourth-order valence-electron chi connectivity index (χ4n) is 1.35. The molecular formula is C8H9ClN4. The van der Waals surface area contributed by atoms with Crippen LogP contribution in [0.15, 0.2) is 6.33 Å². The van der Waals surface area contributed by atoms with Crippen LogP contribution in [0.1, 0.15) is 18.2 Å². The summed E-state index contributed by atoms with van der Waals surface area (Å²) >= 11 is 6.11. The molecule has 4 nitrogen and oxygen atoms in total. The second-order valence-corrected chi connectivity index (χ2v) is 3.15. The van der Waals surface area contributed by atoms with Crippen molar-refractivity contribution in [2.75, 3.05) is 0 Å². The maximum atomic E-state index is 6.11. The van der Waals surface area contributed by atoms with Crippen molar-refractivity contribution in [2.45, 2.75) is 20.3 Å². The lowest BCUT2D eigenvalue weighted by atomic mass is 10.2. The number of rotatable bonds is 1. The smallest absolute Gasteiger partial charge is 0.216 e. The van der Waals surface area contributed by atoms with Gasteiger partial charge in [-0.2, -0.15) is 14.6 Å². The first kappa shape index (κ1) is 8.44. The monoisotopic (exact) mass is 196 g/mol. The van der Waals surface area contributed by atoms with E-state index in [4.69, 9.17) is 11.6 Å². The van der Waals surface area contributed by atoms with Crippen molar-refractivity contribution in [1.82, 2.24) is 19.6 Å². The van der Waals surface area contributed by atoms with Crippen LogP contribution in [0.2, 0.25) is 5.15 Å². The normalized spacial score (nSPS) is 11.0. The molecule has 68 valence electrons. The van der Waals surface area contributed by atoms with Gasteiger partial charge in [0.15, 0.2) is 0 Å². The molecule has 0 saturated carbocycles. The Balaban J connectivity index is 2.85. The molecule has 0 fully saturated rings. The topological polar surface area (TPSA) is 43.1 Å². The minimum Gasteiger partial charge on any atom is -0.216 e. The molecule has 0 amide bonds. The molecule has 0 aliphatic rings. The quantitative estimate of drug-likeness (QED) is 0.652. The summed E-state index contributed by atoms with van der Waals surface area (Å²) < 4.78 is 1.55. The van der Waals surface area contributed by atoms with Crippen LogP contribution in [0.3, 0.4) is 0 Å². The molecule has 2 heterocycles. The lowest BCUT2D eigenvalue weighted by Gasteiger charge is -2.05. The second-order valence-electron chi connectivity index (χ2n) is 2.79. The summed E-state index contributed by atoms with van der Waals surface area (Å²) in [6.07, 6.45) is 2.31. The summed E-state index contributed by atoms with van der Waals surface area (Å²) in [5.41, 5.74) is 1.95. The van der Waals surface area contributed by atoms with E-state index in [1.807, 2.05) is 13.8 Å². The molecule has 0 aliphatic heterocycles. The maximum Gasteiger partial charge on any atom is 0.253 e. The molecule has 2 aromatic rings. The average molecular weight is 197 g/mol. The second kappa shape index (κ2) is 2.96. The van der Waals surface area contributed by atoms with Gasteiger partial charge in [0.2, 0.25) is 0 Å². The first-order valence-corrected chi connectivity index (χ1v) is 4.46. The highest BCUT2D eigenvalue weighted by molar-refractivity contribution is 6.30. The number of hydrogen-bond acceptors (Lipinski definition) is 3. The summed E-state index contributed by atoms with van der Waals surface area (Å²) in [7, 11) is 0. The predicted octanol–water partition coefficient (Wildman–Crippen LogP) is 1.65. The highest BCUT2D eigenvalue weighted by atomic mass is 35.5. The number of aromatic nitrogens is 4. The Morgan fingerprint density at radius 2 is 2.31 bits per heavy atom. The molecule has 0 saturated heterocycles. The number of halogens is 1. The van der Waals surface area contributed by atoms with E-state index in [0.29, 0.717) is 10.9 Å². The third kappa shape index (κ3) is 1.18. The molecule has 2 aromatic heterocycles. The van der Waals surface area contributed by atoms with E-state index in [1.165, 1.54) is 6.33 Å². The summed E-state index contributed by atoms with van der Waals surface area (Å²) in [6, 6.07) is 0. The van der Waals surface area contributed by atoms with Gasteiger partial charge >= 0.3 is 0 Å². The van der Waals surface area contributed by atoms with Crippen molar-refractivity contribution < 1.29 is 0 Å². The van der Waals surface area contributed by atoms with Gasteiger partial charge in [-0.1, -0.05) is 18.5 Å². The van der Waals surface area contributed by atoms with E-state index in [-0.39, 0.29) is 0 Å². The van der Waals surface area contributed by atoms with Crippen LogP contribution < -0.4 is 0 Å². The van der Waals surface area contributed by atoms with Gasteiger partial charge in [0.05, 0.1) is 0 Å². The van der Waals surface area contributed by atoms with Gasteiger partial charge in [0.1, 0.15) is 11.5 Å². The van der Waals surface area contributed by atoms with Crippen molar-refractivity contribution in [3.63, 3.8) is 0 Å².